The van der Waals surface area contributed by atoms with E-state index < -0.39 is 0 Å². The Hall–Kier alpha value is -1.57. The van der Waals surface area contributed by atoms with Gasteiger partial charge in [-0.25, -0.2) is 0 Å². The maximum atomic E-state index is 12.1. The summed E-state index contributed by atoms with van der Waals surface area (Å²) in [4.78, 5) is 12.1. The molecular formula is C14H17NO. The number of nitrogens with one attached hydrogen (secondary N) is 1. The lowest BCUT2D eigenvalue weighted by atomic mass is 9.85. The van der Waals surface area contributed by atoms with E-state index in [1.807, 2.05) is 37.3 Å². The Labute approximate surface area is 96.4 Å². The summed E-state index contributed by atoms with van der Waals surface area (Å²) in [5, 5.41) is 3.04. The minimum atomic E-state index is -0.126. The number of rotatable bonds is 1. The minimum Gasteiger partial charge on any atom is -0.347 e. The summed E-state index contributed by atoms with van der Waals surface area (Å²) in [5.41, 5.74) is 2.88. The molecule has 0 saturated heterocycles. The van der Waals surface area contributed by atoms with Crippen LogP contribution in [0.4, 0.5) is 0 Å². The fraction of sp³-hybridized carbons (Fsp3) is 0.357. The summed E-state index contributed by atoms with van der Waals surface area (Å²) >= 11 is 0. The fourth-order valence-electron chi connectivity index (χ4n) is 2.34. The second kappa shape index (κ2) is 3.78. The van der Waals surface area contributed by atoms with Gasteiger partial charge in [-0.15, -0.1) is 0 Å². The lowest BCUT2D eigenvalue weighted by Crippen LogP contribution is -2.47. The van der Waals surface area contributed by atoms with Gasteiger partial charge in [0.25, 0.3) is 5.91 Å². The van der Waals surface area contributed by atoms with Gasteiger partial charge in [-0.3, -0.25) is 4.79 Å². The molecule has 0 aliphatic carbocycles. The molecule has 0 bridgehead atoms. The molecule has 2 heteroatoms. The molecule has 1 heterocycles. The maximum absolute atomic E-state index is 12.1. The largest absolute Gasteiger partial charge is 0.347 e. The zero-order valence-corrected chi connectivity index (χ0v) is 10.0. The Morgan fingerprint density at radius 2 is 1.81 bits per heavy atom. The molecule has 0 saturated carbocycles. The summed E-state index contributed by atoms with van der Waals surface area (Å²) in [7, 11) is 0. The topological polar surface area (TPSA) is 29.1 Å². The molecule has 0 radical (unpaired) electrons. The molecule has 0 unspecified atom stereocenters. The number of benzene rings is 1. The summed E-state index contributed by atoms with van der Waals surface area (Å²) in [5.74, 6) is 0.0416. The second-order valence-electron chi connectivity index (χ2n) is 5.04. The van der Waals surface area contributed by atoms with Crippen molar-refractivity contribution in [3.63, 3.8) is 0 Å². The van der Waals surface area contributed by atoms with E-state index in [9.17, 15) is 4.79 Å². The van der Waals surface area contributed by atoms with Crippen molar-refractivity contribution in [2.45, 2.75) is 32.7 Å². The molecule has 2 rings (SSSR count). The van der Waals surface area contributed by atoms with Gasteiger partial charge in [-0.2, -0.15) is 0 Å². The molecule has 1 amide bonds. The number of carbonyl (C=O) groups is 1. The average molecular weight is 215 g/mol. The van der Waals surface area contributed by atoms with Crippen LogP contribution in [0.3, 0.4) is 0 Å². The first-order valence-corrected chi connectivity index (χ1v) is 5.57. The van der Waals surface area contributed by atoms with Gasteiger partial charge >= 0.3 is 0 Å². The monoisotopic (exact) mass is 215 g/mol. The molecule has 1 N–H and O–H groups in total. The molecule has 1 aliphatic rings. The highest BCUT2D eigenvalue weighted by Gasteiger charge is 2.30. The second-order valence-corrected chi connectivity index (χ2v) is 5.04. The summed E-state index contributed by atoms with van der Waals surface area (Å²) in [6.45, 7) is 6.15. The fourth-order valence-corrected chi connectivity index (χ4v) is 2.34. The predicted octanol–water partition coefficient (Wildman–Crippen LogP) is 2.76. The van der Waals surface area contributed by atoms with Gasteiger partial charge in [-0.05, 0) is 32.8 Å². The van der Waals surface area contributed by atoms with E-state index in [1.165, 1.54) is 5.57 Å². The molecule has 1 aromatic rings. The Morgan fingerprint density at radius 1 is 1.19 bits per heavy atom. The summed E-state index contributed by atoms with van der Waals surface area (Å²) in [6.07, 6.45) is 0.906. The zero-order chi connectivity index (χ0) is 11.8. The van der Waals surface area contributed by atoms with Crippen LogP contribution in [0.1, 0.15) is 32.8 Å². The first kappa shape index (κ1) is 10.9. The lowest BCUT2D eigenvalue weighted by molar-refractivity contribution is -0.117. The van der Waals surface area contributed by atoms with Crippen molar-refractivity contribution in [2.24, 2.45) is 0 Å². The molecule has 2 nitrogen and oxygen atoms in total. The van der Waals surface area contributed by atoms with Gasteiger partial charge in [0.2, 0.25) is 0 Å². The third-order valence-electron chi connectivity index (χ3n) is 2.88. The molecule has 0 fully saturated rings. The molecule has 0 atom stereocenters. The highest BCUT2D eigenvalue weighted by Crippen LogP contribution is 2.29. The van der Waals surface area contributed by atoms with Gasteiger partial charge in [0, 0.05) is 11.1 Å². The molecule has 84 valence electrons. The standard InChI is InChI=1S/C14H17NO/c1-10-9-14(2,3)15-13(16)12(10)11-7-5-4-6-8-11/h4-8H,9H2,1-3H3,(H,15,16). The number of amides is 1. The van der Waals surface area contributed by atoms with E-state index in [0.29, 0.717) is 0 Å². The van der Waals surface area contributed by atoms with E-state index in [2.05, 4.69) is 19.2 Å². The predicted molar refractivity (Wildman–Crippen MR) is 65.9 cm³/mol. The van der Waals surface area contributed by atoms with E-state index in [0.717, 1.165) is 17.6 Å². The van der Waals surface area contributed by atoms with Crippen LogP contribution in [0.15, 0.2) is 35.9 Å². The van der Waals surface area contributed by atoms with Crippen LogP contribution in [0, 0.1) is 0 Å². The SMILES string of the molecule is CC1=C(c2ccccc2)C(=O)NC(C)(C)C1. The third kappa shape index (κ3) is 2.01. The van der Waals surface area contributed by atoms with Crippen LogP contribution in [0.2, 0.25) is 0 Å². The van der Waals surface area contributed by atoms with Crippen molar-refractivity contribution in [2.75, 3.05) is 0 Å². The van der Waals surface area contributed by atoms with Crippen molar-refractivity contribution in [3.05, 3.63) is 41.5 Å². The van der Waals surface area contributed by atoms with Crippen molar-refractivity contribution in [3.8, 4) is 0 Å². The van der Waals surface area contributed by atoms with Crippen LogP contribution in [-0.4, -0.2) is 11.4 Å². The minimum absolute atomic E-state index is 0.0416. The van der Waals surface area contributed by atoms with Crippen LogP contribution >= 0.6 is 0 Å². The van der Waals surface area contributed by atoms with Crippen LogP contribution in [-0.2, 0) is 4.79 Å². The summed E-state index contributed by atoms with van der Waals surface area (Å²) in [6, 6.07) is 9.85. The molecule has 1 aliphatic heterocycles. The quantitative estimate of drug-likeness (QED) is 0.766. The first-order chi connectivity index (χ1) is 7.49. The van der Waals surface area contributed by atoms with Crippen LogP contribution in [0.5, 0.6) is 0 Å². The van der Waals surface area contributed by atoms with E-state index in [1.54, 1.807) is 0 Å². The Bertz CT molecular complexity index is 443. The van der Waals surface area contributed by atoms with Gasteiger partial charge < -0.3 is 5.32 Å². The van der Waals surface area contributed by atoms with E-state index in [-0.39, 0.29) is 11.4 Å². The Kier molecular flexibility index (Phi) is 2.58. The average Bonchev–Trinajstić information content (AvgIpc) is 2.16. The first-order valence-electron chi connectivity index (χ1n) is 5.57. The van der Waals surface area contributed by atoms with Gasteiger partial charge in [0.15, 0.2) is 0 Å². The molecule has 1 aromatic carbocycles. The normalized spacial score (nSPS) is 19.6. The van der Waals surface area contributed by atoms with Crippen molar-refractivity contribution in [1.29, 1.82) is 0 Å². The number of hydrogen-bond acceptors (Lipinski definition) is 1. The Balaban J connectivity index is 2.45. The zero-order valence-electron chi connectivity index (χ0n) is 10.0. The van der Waals surface area contributed by atoms with E-state index >= 15 is 0 Å². The van der Waals surface area contributed by atoms with Gasteiger partial charge in [0.05, 0.1) is 0 Å². The summed E-state index contributed by atoms with van der Waals surface area (Å²) < 4.78 is 0. The maximum Gasteiger partial charge on any atom is 0.252 e. The van der Waals surface area contributed by atoms with Crippen molar-refractivity contribution in [1.82, 2.24) is 5.32 Å². The highest BCUT2D eigenvalue weighted by molar-refractivity contribution is 6.21. The smallest absolute Gasteiger partial charge is 0.252 e. The Morgan fingerprint density at radius 3 is 2.38 bits per heavy atom. The third-order valence-corrected chi connectivity index (χ3v) is 2.88. The van der Waals surface area contributed by atoms with E-state index in [4.69, 9.17) is 0 Å². The van der Waals surface area contributed by atoms with Crippen LogP contribution in [0.25, 0.3) is 5.57 Å². The van der Waals surface area contributed by atoms with Crippen molar-refractivity contribution >= 4 is 11.5 Å². The number of carbonyl (C=O) groups excluding carboxylic acids is 1. The van der Waals surface area contributed by atoms with Gasteiger partial charge in [0.1, 0.15) is 0 Å². The van der Waals surface area contributed by atoms with Crippen LogP contribution < -0.4 is 5.32 Å². The lowest BCUT2D eigenvalue weighted by Gasteiger charge is -2.33. The van der Waals surface area contributed by atoms with Crippen molar-refractivity contribution < 1.29 is 4.79 Å². The molecular weight excluding hydrogens is 198 g/mol. The molecule has 16 heavy (non-hydrogen) atoms. The molecule has 0 aromatic heterocycles. The van der Waals surface area contributed by atoms with Gasteiger partial charge in [-0.1, -0.05) is 35.9 Å². The highest BCUT2D eigenvalue weighted by atomic mass is 16.1. The molecule has 0 spiro atoms. The number of hydrogen-bond donors (Lipinski definition) is 1.